The topological polar surface area (TPSA) is 84.6 Å². The van der Waals surface area contributed by atoms with Crippen molar-refractivity contribution in [2.45, 2.75) is 25.7 Å². The summed E-state index contributed by atoms with van der Waals surface area (Å²) in [7, 11) is 0. The second kappa shape index (κ2) is 9.82. The van der Waals surface area contributed by atoms with Gasteiger partial charge in [-0.15, -0.1) is 10.2 Å². The maximum Gasteiger partial charge on any atom is 0.277 e. The van der Waals surface area contributed by atoms with Gasteiger partial charge in [-0.25, -0.2) is 4.98 Å². The fourth-order valence-corrected chi connectivity index (χ4v) is 3.98. The number of anilines is 1. The molecule has 0 spiro atoms. The molecular weight excluding hydrogens is 414 g/mol. The number of ether oxygens (including phenoxy) is 1. The van der Waals surface area contributed by atoms with Gasteiger partial charge in [0.05, 0.1) is 5.75 Å². The third kappa shape index (κ3) is 5.55. The number of aromatic nitrogens is 3. The van der Waals surface area contributed by atoms with Crippen LogP contribution < -0.4 is 9.64 Å². The van der Waals surface area contributed by atoms with Crippen LogP contribution in [0.25, 0.3) is 0 Å². The van der Waals surface area contributed by atoms with Crippen molar-refractivity contribution in [1.82, 2.24) is 20.1 Å². The van der Waals surface area contributed by atoms with Crippen LogP contribution in [0.1, 0.15) is 17.0 Å². The van der Waals surface area contributed by atoms with E-state index in [0.717, 1.165) is 35.8 Å². The highest BCUT2D eigenvalue weighted by molar-refractivity contribution is 7.99. The number of rotatable bonds is 7. The molecule has 1 amide bonds. The first kappa shape index (κ1) is 21.2. The van der Waals surface area contributed by atoms with Gasteiger partial charge in [0.15, 0.2) is 6.61 Å². The molecule has 1 saturated heterocycles. The Hall–Kier alpha value is -3.07. The molecule has 0 aliphatic carbocycles. The van der Waals surface area contributed by atoms with Crippen LogP contribution in [0.15, 0.2) is 52.2 Å². The molecule has 8 nitrogen and oxygen atoms in total. The lowest BCUT2D eigenvalue weighted by Crippen LogP contribution is -2.49. The summed E-state index contributed by atoms with van der Waals surface area (Å²) in [5.74, 6) is 2.47. The van der Waals surface area contributed by atoms with Crippen molar-refractivity contribution in [3.05, 3.63) is 59.6 Å². The maximum atomic E-state index is 12.6. The number of hydrogen-bond acceptors (Lipinski definition) is 8. The maximum absolute atomic E-state index is 12.6. The highest BCUT2D eigenvalue weighted by Gasteiger charge is 2.22. The van der Waals surface area contributed by atoms with E-state index in [1.54, 1.807) is 6.20 Å². The van der Waals surface area contributed by atoms with E-state index in [2.05, 4.69) is 20.1 Å². The lowest BCUT2D eigenvalue weighted by atomic mass is 10.1. The molecular formula is C22H25N5O3S. The molecule has 0 unspecified atom stereocenters. The van der Waals surface area contributed by atoms with Crippen LogP contribution in [0.5, 0.6) is 5.75 Å². The molecule has 0 saturated carbocycles. The average molecular weight is 440 g/mol. The summed E-state index contributed by atoms with van der Waals surface area (Å²) in [6.45, 7) is 7.10. The third-order valence-corrected chi connectivity index (χ3v) is 5.87. The SMILES string of the molecule is Cc1ccc(C)c(OCc2nnc(SCC(=O)N3CCN(c4ccccn4)CC3)o2)c1. The lowest BCUT2D eigenvalue weighted by molar-refractivity contribution is -0.128. The van der Waals surface area contributed by atoms with Crippen molar-refractivity contribution in [3.8, 4) is 5.75 Å². The molecule has 1 aromatic carbocycles. The minimum absolute atomic E-state index is 0.0667. The smallest absolute Gasteiger partial charge is 0.277 e. The summed E-state index contributed by atoms with van der Waals surface area (Å²) in [5, 5.41) is 8.41. The Morgan fingerprint density at radius 1 is 1.13 bits per heavy atom. The largest absolute Gasteiger partial charge is 0.484 e. The molecule has 3 heterocycles. The van der Waals surface area contributed by atoms with Gasteiger partial charge in [-0.3, -0.25) is 4.79 Å². The van der Waals surface area contributed by atoms with Crippen LogP contribution in [0.4, 0.5) is 5.82 Å². The molecule has 4 rings (SSSR count). The Kier molecular flexibility index (Phi) is 6.71. The van der Waals surface area contributed by atoms with Gasteiger partial charge in [0, 0.05) is 32.4 Å². The Bertz CT molecular complexity index is 1020. The van der Waals surface area contributed by atoms with Crippen molar-refractivity contribution < 1.29 is 13.9 Å². The molecule has 0 radical (unpaired) electrons. The Balaban J connectivity index is 1.22. The van der Waals surface area contributed by atoms with Crippen LogP contribution in [0.2, 0.25) is 0 Å². The predicted octanol–water partition coefficient (Wildman–Crippen LogP) is 3.10. The van der Waals surface area contributed by atoms with E-state index < -0.39 is 0 Å². The number of amides is 1. The summed E-state index contributed by atoms with van der Waals surface area (Å²) in [4.78, 5) is 21.0. The van der Waals surface area contributed by atoms with Crippen molar-refractivity contribution in [2.24, 2.45) is 0 Å². The van der Waals surface area contributed by atoms with Crippen molar-refractivity contribution in [2.75, 3.05) is 36.8 Å². The highest BCUT2D eigenvalue weighted by atomic mass is 32.2. The third-order valence-electron chi connectivity index (χ3n) is 5.07. The van der Waals surface area contributed by atoms with Gasteiger partial charge >= 0.3 is 0 Å². The van der Waals surface area contributed by atoms with E-state index in [9.17, 15) is 4.79 Å². The van der Waals surface area contributed by atoms with Crippen LogP contribution in [-0.2, 0) is 11.4 Å². The van der Waals surface area contributed by atoms with Crippen molar-refractivity contribution in [3.63, 3.8) is 0 Å². The zero-order valence-corrected chi connectivity index (χ0v) is 18.5. The molecule has 0 N–H and O–H groups in total. The van der Waals surface area contributed by atoms with Crippen LogP contribution >= 0.6 is 11.8 Å². The van der Waals surface area contributed by atoms with Gasteiger partial charge in [-0.1, -0.05) is 30.0 Å². The van der Waals surface area contributed by atoms with Crippen LogP contribution in [0.3, 0.4) is 0 Å². The standard InChI is InChI=1S/C22H25N5O3S/c1-16-6-7-17(2)18(13-16)29-14-20-24-25-22(30-20)31-15-21(28)27-11-9-26(10-12-27)19-5-3-4-8-23-19/h3-8,13H,9-12,14-15H2,1-2H3. The van der Waals surface area contributed by atoms with E-state index >= 15 is 0 Å². The monoisotopic (exact) mass is 439 g/mol. The number of pyridine rings is 1. The van der Waals surface area contributed by atoms with Gasteiger partial charge in [-0.05, 0) is 43.2 Å². The fraction of sp³-hybridized carbons (Fsp3) is 0.364. The molecule has 1 aliphatic rings. The lowest BCUT2D eigenvalue weighted by Gasteiger charge is -2.35. The zero-order chi connectivity index (χ0) is 21.6. The fourth-order valence-electron chi connectivity index (χ4n) is 3.30. The van der Waals surface area contributed by atoms with Crippen molar-refractivity contribution in [1.29, 1.82) is 0 Å². The summed E-state index contributed by atoms with van der Waals surface area (Å²) in [6.07, 6.45) is 1.79. The Labute approximate surface area is 185 Å². The van der Waals surface area contributed by atoms with Crippen LogP contribution in [0, 0.1) is 13.8 Å². The molecule has 0 bridgehead atoms. The highest BCUT2D eigenvalue weighted by Crippen LogP contribution is 2.22. The second-order valence-corrected chi connectivity index (χ2v) is 8.29. The van der Waals surface area contributed by atoms with E-state index in [1.807, 2.05) is 55.1 Å². The van der Waals surface area contributed by atoms with E-state index in [4.69, 9.17) is 9.15 Å². The summed E-state index contributed by atoms with van der Waals surface area (Å²) in [5.41, 5.74) is 2.18. The van der Waals surface area contributed by atoms with Gasteiger partial charge in [0.1, 0.15) is 11.6 Å². The van der Waals surface area contributed by atoms with Gasteiger partial charge in [0.25, 0.3) is 11.1 Å². The van der Waals surface area contributed by atoms with Crippen molar-refractivity contribution >= 4 is 23.5 Å². The second-order valence-electron chi connectivity index (χ2n) is 7.36. The number of thioether (sulfide) groups is 1. The Morgan fingerprint density at radius 2 is 1.97 bits per heavy atom. The van der Waals surface area contributed by atoms with Crippen LogP contribution in [-0.4, -0.2) is 57.9 Å². The minimum atomic E-state index is 0.0667. The van der Waals surface area contributed by atoms with E-state index in [-0.39, 0.29) is 18.3 Å². The Morgan fingerprint density at radius 3 is 2.74 bits per heavy atom. The number of nitrogens with zero attached hydrogens (tertiary/aromatic N) is 5. The molecule has 0 atom stereocenters. The van der Waals surface area contributed by atoms with E-state index in [1.165, 1.54) is 11.8 Å². The van der Waals surface area contributed by atoms with Gasteiger partial charge < -0.3 is 19.0 Å². The summed E-state index contributed by atoms with van der Waals surface area (Å²) in [6, 6.07) is 11.9. The quantitative estimate of drug-likeness (QED) is 0.519. The molecule has 31 heavy (non-hydrogen) atoms. The molecule has 2 aromatic heterocycles. The predicted molar refractivity (Wildman–Crippen MR) is 118 cm³/mol. The van der Waals surface area contributed by atoms with Gasteiger partial charge in [0.2, 0.25) is 5.91 Å². The summed E-state index contributed by atoms with van der Waals surface area (Å²) < 4.78 is 11.4. The normalized spacial score (nSPS) is 14.0. The first-order chi connectivity index (χ1) is 15.1. The number of hydrogen-bond donors (Lipinski definition) is 0. The first-order valence-electron chi connectivity index (χ1n) is 10.2. The average Bonchev–Trinajstić information content (AvgIpc) is 3.26. The number of carbonyl (C=O) groups excluding carboxylic acids is 1. The minimum Gasteiger partial charge on any atom is -0.484 e. The molecule has 1 aliphatic heterocycles. The number of benzene rings is 1. The number of carbonyl (C=O) groups is 1. The molecule has 3 aromatic rings. The molecule has 9 heteroatoms. The zero-order valence-electron chi connectivity index (χ0n) is 17.7. The molecule has 1 fully saturated rings. The first-order valence-corrected chi connectivity index (χ1v) is 11.2. The number of aryl methyl sites for hydroxylation is 2. The molecule has 162 valence electrons. The van der Waals surface area contributed by atoms with E-state index in [0.29, 0.717) is 24.2 Å². The number of piperazine rings is 1. The summed E-state index contributed by atoms with van der Waals surface area (Å²) >= 11 is 1.25. The van der Waals surface area contributed by atoms with Gasteiger partial charge in [-0.2, -0.15) is 0 Å².